The van der Waals surface area contributed by atoms with Gasteiger partial charge in [0.15, 0.2) is 0 Å². The number of hydrogen-bond acceptors (Lipinski definition) is 6. The minimum Gasteiger partial charge on any atom is -0.281 e. The van der Waals surface area contributed by atoms with E-state index in [9.17, 15) is 9.59 Å². The van der Waals surface area contributed by atoms with Crippen molar-refractivity contribution in [2.75, 3.05) is 0 Å². The second-order valence-corrected chi connectivity index (χ2v) is 9.25. The van der Waals surface area contributed by atoms with E-state index in [1.54, 1.807) is 22.7 Å². The van der Waals surface area contributed by atoms with E-state index in [1.165, 1.54) is 23.5 Å². The minimum atomic E-state index is 0.0881. The Labute approximate surface area is 153 Å². The number of carbonyl (C=O) groups is 2. The van der Waals surface area contributed by atoms with E-state index >= 15 is 0 Å². The molecule has 116 valence electrons. The normalized spacial score (nSPS) is 16.0. The van der Waals surface area contributed by atoms with Gasteiger partial charge < -0.3 is 0 Å². The van der Waals surface area contributed by atoms with Crippen LogP contribution in [0.15, 0.2) is 56.9 Å². The van der Waals surface area contributed by atoms with Crippen molar-refractivity contribution in [3.8, 4) is 0 Å². The molecule has 0 bridgehead atoms. The maximum atomic E-state index is 12.5. The Bertz CT molecular complexity index is 1030. The largest absolute Gasteiger partial charge is 0.281 e. The highest BCUT2D eigenvalue weighted by Gasteiger charge is 2.29. The van der Waals surface area contributed by atoms with Gasteiger partial charge in [-0.2, -0.15) is 0 Å². The fourth-order valence-corrected chi connectivity index (χ4v) is 6.58. The summed E-state index contributed by atoms with van der Waals surface area (Å²) in [5, 5.41) is 6.05. The Kier molecular flexibility index (Phi) is 3.35. The molecule has 0 spiro atoms. The molecular weight excluding hydrogens is 376 g/mol. The topological polar surface area (TPSA) is 34.1 Å². The molecular formula is C18H8O2S4. The average molecular weight is 385 g/mol. The van der Waals surface area contributed by atoms with Crippen molar-refractivity contribution in [1.29, 1.82) is 0 Å². The fourth-order valence-electron chi connectivity index (χ4n) is 2.95. The van der Waals surface area contributed by atoms with Gasteiger partial charge in [0.25, 0.3) is 0 Å². The summed E-state index contributed by atoms with van der Waals surface area (Å²) in [5.74, 6) is 0. The molecule has 0 amide bonds. The number of thiophene rings is 2. The van der Waals surface area contributed by atoms with Crippen LogP contribution in [0, 0.1) is 0 Å². The molecule has 2 aromatic heterocycles. The summed E-state index contributed by atoms with van der Waals surface area (Å²) in [6.07, 6.45) is 0. The van der Waals surface area contributed by atoms with Gasteiger partial charge in [0, 0.05) is 30.0 Å². The van der Waals surface area contributed by atoms with Crippen LogP contribution in [0.2, 0.25) is 0 Å². The second kappa shape index (κ2) is 5.46. The summed E-state index contributed by atoms with van der Waals surface area (Å²) in [7, 11) is 0. The number of benzene rings is 1. The summed E-state index contributed by atoms with van der Waals surface area (Å²) >= 11 is 5.67. The summed E-state index contributed by atoms with van der Waals surface area (Å²) in [6.45, 7) is 0. The van der Waals surface area contributed by atoms with E-state index in [1.807, 2.05) is 47.2 Å². The highest BCUT2D eigenvalue weighted by atomic mass is 32.2. The predicted octanol–water partition coefficient (Wildman–Crippen LogP) is 3.47. The molecule has 0 atom stereocenters. The van der Waals surface area contributed by atoms with Crippen molar-refractivity contribution in [3.63, 3.8) is 0 Å². The SMILES string of the molecule is O=C1Sc2cc3c(cc2=C1c1cccs1)SC(=O)C=3c1cccs1. The smallest absolute Gasteiger partial charge is 0.226 e. The van der Waals surface area contributed by atoms with Crippen molar-refractivity contribution in [2.24, 2.45) is 0 Å². The molecule has 6 heteroatoms. The third-order valence-electron chi connectivity index (χ3n) is 3.97. The number of fused-ring (bicyclic) bond motifs is 2. The van der Waals surface area contributed by atoms with Crippen LogP contribution >= 0.6 is 46.2 Å². The van der Waals surface area contributed by atoms with Crippen LogP contribution < -0.4 is 10.4 Å². The van der Waals surface area contributed by atoms with Crippen LogP contribution in [0.3, 0.4) is 0 Å². The molecule has 1 aromatic carbocycles. The lowest BCUT2D eigenvalue weighted by molar-refractivity contribution is -0.106. The highest BCUT2D eigenvalue weighted by Crippen LogP contribution is 2.36. The lowest BCUT2D eigenvalue weighted by atomic mass is 10.1. The van der Waals surface area contributed by atoms with Gasteiger partial charge in [-0.25, -0.2) is 0 Å². The summed E-state index contributed by atoms with van der Waals surface area (Å²) in [4.78, 5) is 28.9. The van der Waals surface area contributed by atoms with Gasteiger partial charge in [-0.05, 0) is 58.5 Å². The van der Waals surface area contributed by atoms with Gasteiger partial charge >= 0.3 is 0 Å². The van der Waals surface area contributed by atoms with Crippen LogP contribution in [0.4, 0.5) is 0 Å². The molecule has 4 heterocycles. The Morgan fingerprint density at radius 2 is 1.12 bits per heavy atom. The van der Waals surface area contributed by atoms with Gasteiger partial charge in [-0.1, -0.05) is 12.1 Å². The van der Waals surface area contributed by atoms with Crippen LogP contribution in [-0.4, -0.2) is 10.2 Å². The van der Waals surface area contributed by atoms with Gasteiger partial charge in [0.1, 0.15) is 0 Å². The Morgan fingerprint density at radius 1 is 0.667 bits per heavy atom. The fraction of sp³-hybridized carbons (Fsp3) is 0. The van der Waals surface area contributed by atoms with E-state index in [4.69, 9.17) is 0 Å². The number of carbonyl (C=O) groups excluding carboxylic acids is 2. The molecule has 2 aliphatic heterocycles. The third kappa shape index (κ3) is 2.10. The van der Waals surface area contributed by atoms with Crippen LogP contribution in [0.5, 0.6) is 0 Å². The van der Waals surface area contributed by atoms with Crippen molar-refractivity contribution in [2.45, 2.75) is 9.79 Å². The van der Waals surface area contributed by atoms with E-state index < -0.39 is 0 Å². The zero-order valence-corrected chi connectivity index (χ0v) is 15.3. The van der Waals surface area contributed by atoms with Gasteiger partial charge in [0.2, 0.25) is 10.2 Å². The molecule has 0 aliphatic carbocycles. The molecule has 0 N–H and O–H groups in total. The minimum absolute atomic E-state index is 0.0881. The third-order valence-corrected chi connectivity index (χ3v) is 7.64. The number of thioether (sulfide) groups is 2. The van der Waals surface area contributed by atoms with Crippen LogP contribution in [0.25, 0.3) is 11.1 Å². The van der Waals surface area contributed by atoms with Crippen molar-refractivity contribution < 1.29 is 9.59 Å². The van der Waals surface area contributed by atoms with Crippen molar-refractivity contribution in [1.82, 2.24) is 0 Å². The lowest BCUT2D eigenvalue weighted by Crippen LogP contribution is -2.14. The van der Waals surface area contributed by atoms with Gasteiger partial charge in [-0.3, -0.25) is 9.59 Å². The standard InChI is InChI=1S/C18H8O2S4/c19-17-15(11-3-1-5-21-11)9-7-14-10(8-13(9)23-17)16(18(20)24-14)12-4-2-6-22-12/h1-8H. The first-order chi connectivity index (χ1) is 11.7. The maximum Gasteiger partial charge on any atom is 0.226 e. The first kappa shape index (κ1) is 14.7. The molecule has 0 saturated heterocycles. The van der Waals surface area contributed by atoms with Gasteiger partial charge in [-0.15, -0.1) is 22.7 Å². The number of hydrogen-bond donors (Lipinski definition) is 0. The molecule has 3 aromatic rings. The molecule has 0 radical (unpaired) electrons. The summed E-state index contributed by atoms with van der Waals surface area (Å²) in [5.41, 5.74) is 1.54. The van der Waals surface area contributed by atoms with Crippen LogP contribution in [0.1, 0.15) is 9.75 Å². The molecule has 24 heavy (non-hydrogen) atoms. The quantitative estimate of drug-likeness (QED) is 0.678. The average Bonchev–Trinajstić information content (AvgIpc) is 3.29. The first-order valence-electron chi connectivity index (χ1n) is 7.17. The summed E-state index contributed by atoms with van der Waals surface area (Å²) < 4.78 is 0. The van der Waals surface area contributed by atoms with E-state index in [2.05, 4.69) is 0 Å². The van der Waals surface area contributed by atoms with Crippen molar-refractivity contribution >= 4 is 67.6 Å². The molecule has 2 aliphatic rings. The second-order valence-electron chi connectivity index (χ2n) is 5.33. The molecule has 0 fully saturated rings. The zero-order chi connectivity index (χ0) is 16.3. The Balaban J connectivity index is 1.84. The van der Waals surface area contributed by atoms with E-state index in [0.29, 0.717) is 0 Å². The highest BCUT2D eigenvalue weighted by molar-refractivity contribution is 8.15. The summed E-state index contributed by atoms with van der Waals surface area (Å²) in [6, 6.07) is 11.9. The molecule has 2 nitrogen and oxygen atoms in total. The van der Waals surface area contributed by atoms with Gasteiger partial charge in [0.05, 0.1) is 11.1 Å². The predicted molar refractivity (Wildman–Crippen MR) is 101 cm³/mol. The Morgan fingerprint density at radius 3 is 1.50 bits per heavy atom. The molecule has 0 unspecified atom stereocenters. The maximum absolute atomic E-state index is 12.5. The molecule has 5 rings (SSSR count). The Hall–Kier alpha value is -1.60. The van der Waals surface area contributed by atoms with Crippen LogP contribution in [-0.2, 0) is 9.59 Å². The van der Waals surface area contributed by atoms with Crippen molar-refractivity contribution in [3.05, 3.63) is 67.3 Å². The molecule has 0 saturated carbocycles. The monoisotopic (exact) mass is 384 g/mol. The first-order valence-corrected chi connectivity index (χ1v) is 10.6. The zero-order valence-electron chi connectivity index (χ0n) is 12.1. The van der Waals surface area contributed by atoms with E-state index in [0.717, 1.165) is 41.1 Å². The lowest BCUT2D eigenvalue weighted by Gasteiger charge is -1.97. The number of rotatable bonds is 2. The van der Waals surface area contributed by atoms with E-state index in [-0.39, 0.29) is 10.2 Å².